The van der Waals surface area contributed by atoms with Gasteiger partial charge >= 0.3 is 5.97 Å². The molecule has 17 heteroatoms. The molecule has 4 saturated carbocycles. The number of ether oxygens (including phenoxy) is 6. The fraction of sp³-hybridized carbons (Fsp3) is 0.938. The van der Waals surface area contributed by atoms with Crippen LogP contribution >= 0.6 is 0 Å². The Morgan fingerprint density at radius 1 is 0.662 bits per heavy atom. The minimum atomic E-state index is -2.02. The third kappa shape index (κ3) is 7.81. The molecule has 8 aliphatic rings. The van der Waals surface area contributed by atoms with Crippen LogP contribution in [0.3, 0.4) is 0 Å². The largest absolute Gasteiger partial charge is 0.479 e. The van der Waals surface area contributed by atoms with Crippen molar-refractivity contribution in [2.75, 3.05) is 6.61 Å². The summed E-state index contributed by atoms with van der Waals surface area (Å²) in [5, 5.41) is 108. The van der Waals surface area contributed by atoms with E-state index in [1.807, 2.05) is 0 Å². The van der Waals surface area contributed by atoms with E-state index in [-0.39, 0.29) is 39.1 Å². The van der Waals surface area contributed by atoms with Crippen molar-refractivity contribution in [3.63, 3.8) is 0 Å². The predicted octanol–water partition coefficient (Wildman–Crippen LogP) is 1.73. The molecule has 0 radical (unpaired) electrons. The molecule has 3 aliphatic heterocycles. The monoisotopic (exact) mass is 927 g/mol. The Morgan fingerprint density at radius 2 is 1.29 bits per heavy atom. The van der Waals surface area contributed by atoms with Crippen molar-refractivity contribution in [2.45, 2.75) is 224 Å². The summed E-state index contributed by atoms with van der Waals surface area (Å²) in [7, 11) is 0. The van der Waals surface area contributed by atoms with Crippen LogP contribution in [0.1, 0.15) is 120 Å². The third-order valence-corrected chi connectivity index (χ3v) is 19.4. The van der Waals surface area contributed by atoms with E-state index in [2.05, 4.69) is 61.5 Å². The number of aliphatic hydroxyl groups is 9. The topological polar surface area (TPSA) is 275 Å². The van der Waals surface area contributed by atoms with E-state index >= 15 is 0 Å². The standard InChI is InChI=1S/C48H78O17/c1-21-29(51)31(53)35(57)40(60-21)64-37-32(54)30(52)24(20-49)61-41(37)65-38-34(56)33(55)36(39(58)59)63-42(38)62-28-13-14-46(7)25(44(28,4)5)12-15-48(9)26(46)11-10-22-23-18-43(2,3)19-27(50)45(23,6)16-17-47(22,48)8/h10,21,23-38,40-42,49-57H,11-20H2,1-9H3,(H,58,59)/t21-,23+,24-,25+,26-,27-,28+,29+,30+,31-,32+,33+,34+,35-,36+,37-,38-,40+,41+,42-,45-,46+,47-,48-/m1/s1. The number of carboxylic acids is 1. The molecule has 3 heterocycles. The van der Waals surface area contributed by atoms with Crippen molar-refractivity contribution in [3.8, 4) is 0 Å². The van der Waals surface area contributed by atoms with E-state index in [1.165, 1.54) is 6.92 Å². The highest BCUT2D eigenvalue weighted by Crippen LogP contribution is 2.76. The Labute approximate surface area is 382 Å². The fourth-order valence-electron chi connectivity index (χ4n) is 15.1. The molecule has 24 atom stereocenters. The third-order valence-electron chi connectivity index (χ3n) is 19.4. The fourth-order valence-corrected chi connectivity index (χ4v) is 15.1. The van der Waals surface area contributed by atoms with Crippen LogP contribution < -0.4 is 0 Å². The van der Waals surface area contributed by atoms with Gasteiger partial charge in [0.05, 0.1) is 24.9 Å². The minimum Gasteiger partial charge on any atom is -0.479 e. The number of allylic oxidation sites excluding steroid dienone is 2. The molecule has 0 amide bonds. The summed E-state index contributed by atoms with van der Waals surface area (Å²) in [6, 6.07) is 0. The molecule has 0 spiro atoms. The maximum absolute atomic E-state index is 12.5. The summed E-state index contributed by atoms with van der Waals surface area (Å²) in [6.07, 6.45) is -15.9. The van der Waals surface area contributed by atoms with Crippen molar-refractivity contribution in [2.24, 2.45) is 50.2 Å². The highest BCUT2D eigenvalue weighted by Gasteiger charge is 2.69. The van der Waals surface area contributed by atoms with Gasteiger partial charge in [0.1, 0.15) is 61.0 Å². The summed E-state index contributed by atoms with van der Waals surface area (Å²) in [5.74, 6) is -0.724. The number of hydrogen-bond acceptors (Lipinski definition) is 16. The zero-order valence-corrected chi connectivity index (χ0v) is 39.5. The lowest BCUT2D eigenvalue weighted by Gasteiger charge is -2.71. The van der Waals surface area contributed by atoms with Crippen molar-refractivity contribution < 1.29 is 84.3 Å². The van der Waals surface area contributed by atoms with Gasteiger partial charge in [-0.15, -0.1) is 0 Å². The van der Waals surface area contributed by atoms with Gasteiger partial charge in [-0.1, -0.05) is 67.0 Å². The Hall–Kier alpha value is -1.39. The van der Waals surface area contributed by atoms with Crippen LogP contribution in [0.15, 0.2) is 11.6 Å². The van der Waals surface area contributed by atoms with Crippen LogP contribution in [-0.2, 0) is 33.2 Å². The number of carboxylic acid groups (broad SMARTS) is 1. The van der Waals surface area contributed by atoms with Gasteiger partial charge in [0.2, 0.25) is 0 Å². The van der Waals surface area contributed by atoms with Gasteiger partial charge in [-0.05, 0) is 110 Å². The first-order valence-electron chi connectivity index (χ1n) is 24.1. The first kappa shape index (κ1) is 50.0. The maximum Gasteiger partial charge on any atom is 0.335 e. The first-order chi connectivity index (χ1) is 30.2. The molecule has 372 valence electrons. The summed E-state index contributed by atoms with van der Waals surface area (Å²) >= 11 is 0. The van der Waals surface area contributed by atoms with Crippen molar-refractivity contribution in [1.29, 1.82) is 0 Å². The van der Waals surface area contributed by atoms with Crippen LogP contribution in [0, 0.1) is 50.2 Å². The number of carbonyl (C=O) groups is 1. The van der Waals surface area contributed by atoms with Gasteiger partial charge in [0.15, 0.2) is 25.0 Å². The molecule has 0 bridgehead atoms. The predicted molar refractivity (Wildman–Crippen MR) is 229 cm³/mol. The number of hydrogen-bond donors (Lipinski definition) is 10. The molecule has 0 aromatic heterocycles. The number of fused-ring (bicyclic) bond motifs is 7. The van der Waals surface area contributed by atoms with E-state index < -0.39 is 116 Å². The average molecular weight is 927 g/mol. The van der Waals surface area contributed by atoms with Gasteiger partial charge in [0, 0.05) is 5.41 Å². The zero-order valence-electron chi connectivity index (χ0n) is 39.5. The van der Waals surface area contributed by atoms with Crippen LogP contribution in [0.5, 0.6) is 0 Å². The molecule has 65 heavy (non-hydrogen) atoms. The van der Waals surface area contributed by atoms with Crippen LogP contribution in [0.2, 0.25) is 0 Å². The number of rotatable bonds is 8. The maximum atomic E-state index is 12.5. The molecular weight excluding hydrogens is 849 g/mol. The number of aliphatic hydroxyl groups excluding tert-OH is 9. The highest BCUT2D eigenvalue weighted by atomic mass is 16.8. The normalized spacial score (nSPS) is 55.1. The summed E-state index contributed by atoms with van der Waals surface area (Å²) in [5.41, 5.74) is 0.763. The zero-order chi connectivity index (χ0) is 47.7. The second kappa shape index (κ2) is 17.2. The molecule has 7 fully saturated rings. The van der Waals surface area contributed by atoms with E-state index in [0.717, 1.165) is 51.4 Å². The van der Waals surface area contributed by atoms with Gasteiger partial charge in [-0.2, -0.15) is 0 Å². The van der Waals surface area contributed by atoms with E-state index in [1.54, 1.807) is 5.57 Å². The average Bonchev–Trinajstić information content (AvgIpc) is 3.22. The molecular formula is C48H78O17. The van der Waals surface area contributed by atoms with E-state index in [4.69, 9.17) is 28.4 Å². The lowest BCUT2D eigenvalue weighted by molar-refractivity contribution is -0.395. The SMILES string of the molecule is C[C@H]1O[C@@H](O[C@H]2[C@H](O[C@H]3[C@H](O[C@H]4CC[C@]5(C)[C@H]6CC=C7[C@@H]8CC(C)(C)C[C@@H](O)[C@]8(C)CC[C@@]7(C)[C@]6(C)CC[C@H]5C4(C)C)O[C@H](C(=O)O)[C@@H](O)[C@@H]3O)O[C@H](CO)[C@H](O)[C@@H]2O)[C@H](O)[C@H](O)[C@H]1O. The molecule has 17 nitrogen and oxygen atoms in total. The molecule has 0 aromatic rings. The van der Waals surface area contributed by atoms with Gasteiger partial charge in [0.25, 0.3) is 0 Å². The lowest BCUT2D eigenvalue weighted by Crippen LogP contribution is -2.68. The second-order valence-electron chi connectivity index (χ2n) is 23.8. The molecule has 0 aromatic carbocycles. The highest BCUT2D eigenvalue weighted by molar-refractivity contribution is 5.73. The van der Waals surface area contributed by atoms with Crippen LogP contribution in [-0.4, -0.2) is 168 Å². The van der Waals surface area contributed by atoms with Gasteiger partial charge in [-0.3, -0.25) is 0 Å². The molecule has 10 N–H and O–H groups in total. The van der Waals surface area contributed by atoms with Gasteiger partial charge < -0.3 is 79.5 Å². The van der Waals surface area contributed by atoms with Gasteiger partial charge in [-0.25, -0.2) is 4.79 Å². The Bertz CT molecular complexity index is 1790. The molecule has 3 saturated heterocycles. The van der Waals surface area contributed by atoms with Crippen molar-refractivity contribution >= 4 is 5.97 Å². The first-order valence-corrected chi connectivity index (χ1v) is 24.1. The molecule has 5 aliphatic carbocycles. The van der Waals surface area contributed by atoms with Crippen LogP contribution in [0.25, 0.3) is 0 Å². The molecule has 8 rings (SSSR count). The second-order valence-corrected chi connectivity index (χ2v) is 23.8. The Balaban J connectivity index is 1.06. The number of aliphatic carboxylic acids is 1. The summed E-state index contributed by atoms with van der Waals surface area (Å²) < 4.78 is 36.4. The lowest BCUT2D eigenvalue weighted by atomic mass is 9.33. The minimum absolute atomic E-state index is 0.00181. The Morgan fingerprint density at radius 3 is 1.94 bits per heavy atom. The summed E-state index contributed by atoms with van der Waals surface area (Å²) in [4.78, 5) is 12.5. The van der Waals surface area contributed by atoms with E-state index in [0.29, 0.717) is 18.3 Å². The van der Waals surface area contributed by atoms with Crippen LogP contribution in [0.4, 0.5) is 0 Å². The van der Waals surface area contributed by atoms with Crippen molar-refractivity contribution in [3.05, 3.63) is 11.6 Å². The quantitative estimate of drug-likeness (QED) is 0.123. The smallest absolute Gasteiger partial charge is 0.335 e. The summed E-state index contributed by atoms with van der Waals surface area (Å²) in [6.45, 7) is 19.3. The van der Waals surface area contributed by atoms with Crippen molar-refractivity contribution in [1.82, 2.24) is 0 Å². The van der Waals surface area contributed by atoms with E-state index in [9.17, 15) is 55.9 Å². The molecule has 0 unspecified atom stereocenters. The Kier molecular flexibility index (Phi) is 13.2.